The van der Waals surface area contributed by atoms with Crippen LogP contribution in [0.5, 0.6) is 11.5 Å². The maximum atomic E-state index is 15.0. The molecule has 74 heavy (non-hydrogen) atoms. The summed E-state index contributed by atoms with van der Waals surface area (Å²) in [6, 6.07) is 16.0. The van der Waals surface area contributed by atoms with Gasteiger partial charge in [-0.25, -0.2) is 4.98 Å². The van der Waals surface area contributed by atoms with E-state index in [1.54, 1.807) is 13.8 Å². The van der Waals surface area contributed by atoms with E-state index in [1.165, 1.54) is 73.6 Å². The predicted octanol–water partition coefficient (Wildman–Crippen LogP) is 10.3. The first-order valence-corrected chi connectivity index (χ1v) is 21.4. The number of hydrogen-bond donors (Lipinski definition) is 3. The number of nitrogens with zero attached hydrogens (tertiary/aromatic N) is 3. The number of amides is 1. The van der Waals surface area contributed by atoms with Crippen molar-refractivity contribution in [3.05, 3.63) is 112 Å². The molecule has 3 N–H and O–H groups in total. The van der Waals surface area contributed by atoms with Gasteiger partial charge < -0.3 is 24.1 Å². The lowest BCUT2D eigenvalue weighted by molar-refractivity contribution is -0.461. The number of nitrogens with one attached hydrogen (secondary N) is 2. The summed E-state index contributed by atoms with van der Waals surface area (Å²) in [4.78, 5) is 36.0. The first-order valence-electron chi connectivity index (χ1n) is 21.4. The van der Waals surface area contributed by atoms with Gasteiger partial charge in [-0.1, -0.05) is 62.4 Å². The number of anilines is 1. The Labute approximate surface area is 405 Å². The summed E-state index contributed by atoms with van der Waals surface area (Å²) in [6.45, 7) is 2.67. The summed E-state index contributed by atoms with van der Waals surface area (Å²) < 4.78 is 262. The smallest absolute Gasteiger partial charge is 0.460 e. The largest absolute Gasteiger partial charge is 0.497 e. The third-order valence-electron chi connectivity index (χ3n) is 12.0. The summed E-state index contributed by atoms with van der Waals surface area (Å²) in [5, 5.41) is 13.8. The maximum absolute atomic E-state index is 15.0. The zero-order chi connectivity index (χ0) is 55.4. The molecule has 0 aliphatic carbocycles. The molecule has 1 aliphatic heterocycles. The SMILES string of the molecule is COc1ccc(C(OC[C@H]2O[C@@H](n3cnc4c(=O)[nH]c(NC(=O)C(C)C)nc43)C[C@@H]2O)(c2ccc(CCC(F)(F)C(F)(F)C(F)(F)C(F)(F)C(F)(F)C(F)(F)C(F)(F)C(F)(F)F)cc2)c2ccc(OC)cc2)cc1. The summed E-state index contributed by atoms with van der Waals surface area (Å²) in [5.74, 6) is -57.7. The quantitative estimate of drug-likeness (QED) is 0.0511. The highest BCUT2D eigenvalue weighted by Gasteiger charge is 2.95. The number of ether oxygens (including phenoxy) is 4. The van der Waals surface area contributed by atoms with E-state index in [9.17, 15) is 80.6 Å². The number of methoxy groups -OCH3 is 2. The topological polar surface area (TPSA) is 150 Å². The Morgan fingerprint density at radius 3 is 1.65 bits per heavy atom. The van der Waals surface area contributed by atoms with E-state index in [-0.39, 0.29) is 40.2 Å². The van der Waals surface area contributed by atoms with Crippen LogP contribution in [-0.4, -0.2) is 111 Å². The van der Waals surface area contributed by atoms with Gasteiger partial charge in [-0.15, -0.1) is 0 Å². The fourth-order valence-corrected chi connectivity index (χ4v) is 7.66. The number of alkyl halides is 17. The molecule has 0 unspecified atom stereocenters. The van der Waals surface area contributed by atoms with Gasteiger partial charge in [-0.05, 0) is 52.9 Å². The number of aromatic nitrogens is 4. The van der Waals surface area contributed by atoms with Gasteiger partial charge in [-0.3, -0.25) is 24.5 Å². The Morgan fingerprint density at radius 2 is 1.19 bits per heavy atom. The average Bonchev–Trinajstić information content (AvgIpc) is 3.93. The number of aromatic amines is 1. The first kappa shape index (κ1) is 57.1. The third kappa shape index (κ3) is 9.57. The van der Waals surface area contributed by atoms with Gasteiger partial charge in [-0.2, -0.15) is 79.6 Å². The Kier molecular flexibility index (Phi) is 15.3. The molecule has 1 amide bonds. The number of halogens is 17. The van der Waals surface area contributed by atoms with Crippen molar-refractivity contribution in [2.45, 2.75) is 105 Å². The first-order chi connectivity index (χ1) is 34.1. The van der Waals surface area contributed by atoms with E-state index in [4.69, 9.17) is 18.9 Å². The highest BCUT2D eigenvalue weighted by atomic mass is 19.4. The second-order valence-corrected chi connectivity index (χ2v) is 17.1. The lowest BCUT2D eigenvalue weighted by Gasteiger charge is -2.42. The molecule has 1 aliphatic rings. The summed E-state index contributed by atoms with van der Waals surface area (Å²) in [5.41, 5.74) is -2.78. The average molecular weight is 1090 g/mol. The van der Waals surface area contributed by atoms with E-state index in [0.717, 1.165) is 24.3 Å². The molecule has 2 aromatic heterocycles. The second kappa shape index (κ2) is 19.8. The molecule has 1 fully saturated rings. The van der Waals surface area contributed by atoms with E-state index >= 15 is 8.78 Å². The van der Waals surface area contributed by atoms with Crippen molar-refractivity contribution < 1.29 is 103 Å². The molecule has 29 heteroatoms. The van der Waals surface area contributed by atoms with Crippen LogP contribution >= 0.6 is 0 Å². The van der Waals surface area contributed by atoms with Crippen molar-refractivity contribution in [2.24, 2.45) is 5.92 Å². The zero-order valence-electron chi connectivity index (χ0n) is 38.3. The lowest BCUT2D eigenvalue weighted by atomic mass is 9.79. The zero-order valence-corrected chi connectivity index (χ0v) is 38.3. The molecule has 5 aromatic rings. The Morgan fingerprint density at radius 1 is 0.730 bits per heavy atom. The van der Waals surface area contributed by atoms with Gasteiger partial charge in [0.05, 0.1) is 33.3 Å². The Bertz CT molecular complexity index is 2790. The highest BCUT2D eigenvalue weighted by molar-refractivity contribution is 5.91. The third-order valence-corrected chi connectivity index (χ3v) is 12.0. The van der Waals surface area contributed by atoms with E-state index in [1.807, 2.05) is 0 Å². The minimum Gasteiger partial charge on any atom is -0.497 e. The van der Waals surface area contributed by atoms with Crippen LogP contribution in [-0.2, 0) is 26.3 Å². The molecular formula is C45H40F17N5O7. The van der Waals surface area contributed by atoms with Crippen LogP contribution < -0.4 is 20.3 Å². The second-order valence-electron chi connectivity index (χ2n) is 17.1. The van der Waals surface area contributed by atoms with E-state index in [2.05, 4.69) is 20.3 Å². The summed E-state index contributed by atoms with van der Waals surface area (Å²) in [6.07, 6.45) is -14.7. The van der Waals surface area contributed by atoms with E-state index < -0.39 is 114 Å². The number of aryl methyl sites for hydroxylation is 1. The number of carbonyl (C=O) groups excluding carboxylic acids is 1. The number of rotatable bonds is 20. The van der Waals surface area contributed by atoms with Crippen molar-refractivity contribution in [3.8, 4) is 11.5 Å². The van der Waals surface area contributed by atoms with Crippen molar-refractivity contribution in [1.82, 2.24) is 19.5 Å². The van der Waals surface area contributed by atoms with Crippen molar-refractivity contribution >= 4 is 23.0 Å². The Balaban J connectivity index is 1.33. The molecule has 1 saturated heterocycles. The molecule has 0 saturated carbocycles. The molecule has 3 atom stereocenters. The fraction of sp³-hybridized carbons (Fsp3) is 0.467. The van der Waals surface area contributed by atoms with Crippen LogP contribution in [0.2, 0.25) is 0 Å². The van der Waals surface area contributed by atoms with E-state index in [0.29, 0.717) is 11.5 Å². The normalized spacial score (nSPS) is 17.8. The number of H-pyrrole nitrogens is 1. The van der Waals surface area contributed by atoms with Gasteiger partial charge in [0, 0.05) is 18.8 Å². The molecule has 0 bridgehead atoms. The van der Waals surface area contributed by atoms with Gasteiger partial charge in [0.1, 0.15) is 29.4 Å². The molecule has 0 spiro atoms. The standard InChI is InChI=1S/C45H40F17N5O7/c1-22(2)34(69)65-36-64-33-32(35(70)66-36)63-21-67(33)31-19-29(68)30(74-31)20-73-38(25-9-13-27(71-3)14-10-25,26-11-15-28(72-4)16-12-26)24-7-5-23(6-8-24)17-18-37(46,47)39(48,49)40(50,51)41(52,53)42(54,55)43(56,57)44(58,59)45(60,61)62/h5-16,21-22,29-31,68H,17-20H2,1-4H3,(H2,64,65,66,69,70)/t29-,30+,31+/m0/s1. The maximum Gasteiger partial charge on any atom is 0.460 e. The van der Waals surface area contributed by atoms with Gasteiger partial charge in [0.2, 0.25) is 11.9 Å². The van der Waals surface area contributed by atoms with Crippen LogP contribution in [0, 0.1) is 5.92 Å². The van der Waals surface area contributed by atoms with Crippen LogP contribution in [0.3, 0.4) is 0 Å². The summed E-state index contributed by atoms with van der Waals surface area (Å²) >= 11 is 0. The number of benzene rings is 3. The predicted molar refractivity (Wildman–Crippen MR) is 223 cm³/mol. The van der Waals surface area contributed by atoms with Crippen LogP contribution in [0.4, 0.5) is 80.6 Å². The minimum absolute atomic E-state index is 0.0442. The van der Waals surface area contributed by atoms with Gasteiger partial charge in [0.25, 0.3) is 5.56 Å². The van der Waals surface area contributed by atoms with Crippen LogP contribution in [0.25, 0.3) is 11.2 Å². The van der Waals surface area contributed by atoms with Crippen LogP contribution in [0.15, 0.2) is 83.9 Å². The summed E-state index contributed by atoms with van der Waals surface area (Å²) in [7, 11) is 2.68. The lowest BCUT2D eigenvalue weighted by Crippen LogP contribution is -2.74. The number of hydrogen-bond acceptors (Lipinski definition) is 9. The molecule has 406 valence electrons. The number of imidazole rings is 1. The van der Waals surface area contributed by atoms with Gasteiger partial charge in [0.15, 0.2) is 11.2 Å². The molecule has 6 rings (SSSR count). The molecular weight excluding hydrogens is 1050 g/mol. The fourth-order valence-electron chi connectivity index (χ4n) is 7.66. The monoisotopic (exact) mass is 1090 g/mol. The number of carbonyl (C=O) groups is 1. The molecule has 3 heterocycles. The Hall–Kier alpha value is -6.23. The van der Waals surface area contributed by atoms with Gasteiger partial charge >= 0.3 is 47.6 Å². The molecule has 0 radical (unpaired) electrons. The van der Waals surface area contributed by atoms with Crippen molar-refractivity contribution in [3.63, 3.8) is 0 Å². The number of fused-ring (bicyclic) bond motifs is 1. The minimum atomic E-state index is -8.74. The van der Waals surface area contributed by atoms with Crippen molar-refractivity contribution in [2.75, 3.05) is 26.1 Å². The highest BCUT2D eigenvalue weighted by Crippen LogP contribution is 2.64. The molecule has 3 aromatic carbocycles. The number of aliphatic hydroxyl groups excluding tert-OH is 1. The molecule has 12 nitrogen and oxygen atoms in total. The van der Waals surface area contributed by atoms with Crippen molar-refractivity contribution in [1.29, 1.82) is 0 Å². The van der Waals surface area contributed by atoms with Crippen LogP contribution in [0.1, 0.15) is 55.2 Å². The number of aliphatic hydroxyl groups is 1.